The minimum absolute atomic E-state index is 0.172. The number of piperidine rings is 1. The molecular formula is C24H30ClN3O3. The van der Waals surface area contributed by atoms with E-state index in [0.29, 0.717) is 35.9 Å². The van der Waals surface area contributed by atoms with Gasteiger partial charge < -0.3 is 20.7 Å². The van der Waals surface area contributed by atoms with Crippen LogP contribution in [0.3, 0.4) is 0 Å². The van der Waals surface area contributed by atoms with Gasteiger partial charge in [-0.25, -0.2) is 4.79 Å². The summed E-state index contributed by atoms with van der Waals surface area (Å²) < 4.78 is 5.47. The van der Waals surface area contributed by atoms with Crippen molar-refractivity contribution < 1.29 is 14.3 Å². The number of nitrogens with zero attached hydrogens (tertiary/aromatic N) is 1. The standard InChI is InChI=1S/C24H30ClN3O3/c1-24(2,3)31-23(30)28-12-4-5-16(15-28)14-27-22(29)20-13-18(8-11-21(20)26)17-6-9-19(25)10-7-17/h6-11,13,16H,4-5,12,14-15,26H2,1-3H3,(H,27,29). The zero-order chi connectivity index (χ0) is 22.6. The molecule has 0 saturated carbocycles. The molecule has 7 heteroatoms. The van der Waals surface area contributed by atoms with E-state index in [2.05, 4.69) is 5.32 Å². The van der Waals surface area contributed by atoms with E-state index in [0.717, 1.165) is 24.0 Å². The first kappa shape index (κ1) is 22.9. The second-order valence-electron chi connectivity index (χ2n) is 8.95. The normalized spacial score (nSPS) is 16.6. The number of nitrogen functional groups attached to an aromatic ring is 1. The monoisotopic (exact) mass is 443 g/mol. The maximum absolute atomic E-state index is 12.8. The fraction of sp³-hybridized carbons (Fsp3) is 0.417. The molecule has 0 spiro atoms. The number of nitrogens with one attached hydrogen (secondary N) is 1. The molecule has 166 valence electrons. The Morgan fingerprint density at radius 3 is 2.52 bits per heavy atom. The first-order valence-electron chi connectivity index (χ1n) is 10.5. The summed E-state index contributed by atoms with van der Waals surface area (Å²) in [5.74, 6) is -0.0476. The lowest BCUT2D eigenvalue weighted by atomic mass is 9.97. The first-order valence-corrected chi connectivity index (χ1v) is 10.9. The third kappa shape index (κ3) is 6.37. The number of benzene rings is 2. The Morgan fingerprint density at radius 2 is 1.84 bits per heavy atom. The number of ether oxygens (including phenoxy) is 1. The number of likely N-dealkylation sites (tertiary alicyclic amines) is 1. The van der Waals surface area contributed by atoms with Gasteiger partial charge in [-0.05, 0) is 74.9 Å². The second kappa shape index (κ2) is 9.60. The lowest BCUT2D eigenvalue weighted by Crippen LogP contribution is -2.45. The van der Waals surface area contributed by atoms with Gasteiger partial charge in [-0.2, -0.15) is 0 Å². The van der Waals surface area contributed by atoms with Gasteiger partial charge in [0.1, 0.15) is 5.60 Å². The van der Waals surface area contributed by atoms with Gasteiger partial charge in [-0.15, -0.1) is 0 Å². The van der Waals surface area contributed by atoms with E-state index in [4.69, 9.17) is 22.1 Å². The SMILES string of the molecule is CC(C)(C)OC(=O)N1CCCC(CNC(=O)c2cc(-c3ccc(Cl)cc3)ccc2N)C1. The Morgan fingerprint density at radius 1 is 1.16 bits per heavy atom. The van der Waals surface area contributed by atoms with Gasteiger partial charge in [0.15, 0.2) is 0 Å². The van der Waals surface area contributed by atoms with Crippen molar-refractivity contribution in [1.82, 2.24) is 10.2 Å². The third-order valence-electron chi connectivity index (χ3n) is 5.20. The van der Waals surface area contributed by atoms with E-state index in [1.807, 2.05) is 51.1 Å². The highest BCUT2D eigenvalue weighted by atomic mass is 35.5. The van der Waals surface area contributed by atoms with Crippen molar-refractivity contribution >= 4 is 29.3 Å². The van der Waals surface area contributed by atoms with Crippen molar-refractivity contribution in [2.45, 2.75) is 39.2 Å². The number of hydrogen-bond donors (Lipinski definition) is 2. The summed E-state index contributed by atoms with van der Waals surface area (Å²) in [6.45, 7) is 7.28. The van der Waals surface area contributed by atoms with Crippen molar-refractivity contribution in [2.75, 3.05) is 25.4 Å². The van der Waals surface area contributed by atoms with Crippen LogP contribution < -0.4 is 11.1 Å². The molecule has 2 aromatic carbocycles. The van der Waals surface area contributed by atoms with Crippen LogP contribution in [0, 0.1) is 5.92 Å². The lowest BCUT2D eigenvalue weighted by Gasteiger charge is -2.34. The molecule has 6 nitrogen and oxygen atoms in total. The number of anilines is 1. The topological polar surface area (TPSA) is 84.7 Å². The van der Waals surface area contributed by atoms with Gasteiger partial charge in [0.25, 0.3) is 5.91 Å². The zero-order valence-corrected chi connectivity index (χ0v) is 19.0. The third-order valence-corrected chi connectivity index (χ3v) is 5.45. The molecule has 2 aromatic rings. The molecule has 31 heavy (non-hydrogen) atoms. The minimum atomic E-state index is -0.523. The molecule has 1 aliphatic rings. The molecule has 0 bridgehead atoms. The number of carbonyl (C=O) groups excluding carboxylic acids is 2. The van der Waals surface area contributed by atoms with Crippen molar-refractivity contribution in [3.05, 3.63) is 53.1 Å². The van der Waals surface area contributed by atoms with E-state index < -0.39 is 5.60 Å². The molecule has 1 atom stereocenters. The van der Waals surface area contributed by atoms with E-state index in [1.165, 1.54) is 0 Å². The molecule has 1 saturated heterocycles. The van der Waals surface area contributed by atoms with Crippen LogP contribution >= 0.6 is 11.6 Å². The average molecular weight is 444 g/mol. The van der Waals surface area contributed by atoms with Gasteiger partial charge in [-0.3, -0.25) is 4.79 Å². The fourth-order valence-electron chi connectivity index (χ4n) is 3.63. The number of nitrogens with two attached hydrogens (primary N) is 1. The molecule has 0 aromatic heterocycles. The van der Waals surface area contributed by atoms with E-state index in [9.17, 15) is 9.59 Å². The van der Waals surface area contributed by atoms with Crippen LogP contribution in [0.2, 0.25) is 5.02 Å². The Bertz CT molecular complexity index is 938. The number of rotatable bonds is 4. The minimum Gasteiger partial charge on any atom is -0.444 e. The van der Waals surface area contributed by atoms with Crippen LogP contribution in [-0.4, -0.2) is 42.1 Å². The van der Waals surface area contributed by atoms with Crippen molar-refractivity contribution in [2.24, 2.45) is 5.92 Å². The van der Waals surface area contributed by atoms with Crippen LogP contribution in [0.5, 0.6) is 0 Å². The highest BCUT2D eigenvalue weighted by Crippen LogP contribution is 2.25. The molecule has 3 rings (SSSR count). The maximum Gasteiger partial charge on any atom is 0.410 e. The predicted octanol–water partition coefficient (Wildman–Crippen LogP) is 4.97. The zero-order valence-electron chi connectivity index (χ0n) is 18.3. The quantitative estimate of drug-likeness (QED) is 0.653. The number of halogens is 1. The summed E-state index contributed by atoms with van der Waals surface area (Å²) in [6.07, 6.45) is 1.52. The van der Waals surface area contributed by atoms with Crippen LogP contribution in [0.4, 0.5) is 10.5 Å². The van der Waals surface area contributed by atoms with Gasteiger partial charge in [0.05, 0.1) is 5.56 Å². The van der Waals surface area contributed by atoms with Gasteiger partial charge in [0.2, 0.25) is 0 Å². The van der Waals surface area contributed by atoms with Crippen LogP contribution in [0.15, 0.2) is 42.5 Å². The van der Waals surface area contributed by atoms with Crippen LogP contribution in [-0.2, 0) is 4.74 Å². The van der Waals surface area contributed by atoms with Crippen LogP contribution in [0.25, 0.3) is 11.1 Å². The average Bonchev–Trinajstić information content (AvgIpc) is 2.72. The molecule has 1 aliphatic heterocycles. The lowest BCUT2D eigenvalue weighted by molar-refractivity contribution is 0.0167. The van der Waals surface area contributed by atoms with E-state index in [-0.39, 0.29) is 17.9 Å². The highest BCUT2D eigenvalue weighted by Gasteiger charge is 2.28. The Hall–Kier alpha value is -2.73. The predicted molar refractivity (Wildman–Crippen MR) is 124 cm³/mol. The Kier molecular flexibility index (Phi) is 7.11. The highest BCUT2D eigenvalue weighted by molar-refractivity contribution is 6.30. The van der Waals surface area contributed by atoms with Gasteiger partial charge >= 0.3 is 6.09 Å². The molecule has 1 unspecified atom stereocenters. The number of amides is 2. The Balaban J connectivity index is 1.62. The van der Waals surface area contributed by atoms with Crippen LogP contribution in [0.1, 0.15) is 44.0 Å². The van der Waals surface area contributed by atoms with Gasteiger partial charge in [0, 0.05) is 30.3 Å². The van der Waals surface area contributed by atoms with Crippen molar-refractivity contribution in [3.8, 4) is 11.1 Å². The summed E-state index contributed by atoms with van der Waals surface area (Å²) >= 11 is 5.97. The molecule has 1 heterocycles. The fourth-order valence-corrected chi connectivity index (χ4v) is 3.76. The number of hydrogen-bond acceptors (Lipinski definition) is 4. The smallest absolute Gasteiger partial charge is 0.410 e. The van der Waals surface area contributed by atoms with Gasteiger partial charge in [-0.1, -0.05) is 29.8 Å². The first-order chi connectivity index (χ1) is 14.6. The molecule has 0 radical (unpaired) electrons. The van der Waals surface area contributed by atoms with Crippen molar-refractivity contribution in [3.63, 3.8) is 0 Å². The second-order valence-corrected chi connectivity index (χ2v) is 9.39. The molecule has 3 N–H and O–H groups in total. The summed E-state index contributed by atoms with van der Waals surface area (Å²) in [4.78, 5) is 26.9. The molecule has 1 fully saturated rings. The summed E-state index contributed by atoms with van der Waals surface area (Å²) in [5.41, 5.74) is 8.26. The molecular weight excluding hydrogens is 414 g/mol. The van der Waals surface area contributed by atoms with E-state index in [1.54, 1.807) is 17.0 Å². The number of carbonyl (C=O) groups is 2. The summed E-state index contributed by atoms with van der Waals surface area (Å²) in [5, 5.41) is 3.64. The Labute approximate surface area is 188 Å². The van der Waals surface area contributed by atoms with Crippen molar-refractivity contribution in [1.29, 1.82) is 0 Å². The molecule has 0 aliphatic carbocycles. The largest absolute Gasteiger partial charge is 0.444 e. The molecule has 2 amide bonds. The summed E-state index contributed by atoms with van der Waals surface area (Å²) in [6, 6.07) is 12.9. The summed E-state index contributed by atoms with van der Waals surface area (Å²) in [7, 11) is 0. The maximum atomic E-state index is 12.8. The van der Waals surface area contributed by atoms with E-state index >= 15 is 0 Å².